The fraction of sp³-hybridized carbons (Fsp3) is 0.333. The normalized spacial score (nSPS) is 23.1. The first kappa shape index (κ1) is 21.1. The lowest BCUT2D eigenvalue weighted by molar-refractivity contribution is -0.156. The molecule has 0 aromatic heterocycles. The standard InChI is InChI=1S/C24H24N4O5/c1-15-12-25(24(33)28(15)17-5-3-2-4-6-17)18-7-8-19-16(11-18)13-26(22(19)31)20-9-10-21(30)27(14-29)23(20)32/h2-8,11,15,20,29H,9-10,12-14H2,1H3/t15-,20?/m1/s1. The van der Waals surface area contributed by atoms with Crippen molar-refractivity contribution in [2.24, 2.45) is 0 Å². The Morgan fingerprint density at radius 3 is 2.48 bits per heavy atom. The topological polar surface area (TPSA) is 101 Å². The highest BCUT2D eigenvalue weighted by Crippen LogP contribution is 2.34. The second-order valence-corrected chi connectivity index (χ2v) is 8.58. The molecule has 2 atom stereocenters. The van der Waals surface area contributed by atoms with E-state index in [0.717, 1.165) is 16.2 Å². The van der Waals surface area contributed by atoms with Crippen LogP contribution in [0.3, 0.4) is 0 Å². The molecule has 9 heteroatoms. The smallest absolute Gasteiger partial charge is 0.329 e. The number of hydrogen-bond donors (Lipinski definition) is 1. The molecule has 0 radical (unpaired) electrons. The van der Waals surface area contributed by atoms with Gasteiger partial charge in [0.15, 0.2) is 0 Å². The van der Waals surface area contributed by atoms with E-state index in [0.29, 0.717) is 17.8 Å². The van der Waals surface area contributed by atoms with Crippen molar-refractivity contribution in [3.05, 3.63) is 59.7 Å². The maximum absolute atomic E-state index is 13.2. The van der Waals surface area contributed by atoms with Crippen LogP contribution in [-0.2, 0) is 16.1 Å². The number of rotatable bonds is 4. The number of hydrogen-bond acceptors (Lipinski definition) is 5. The number of piperidine rings is 1. The van der Waals surface area contributed by atoms with Gasteiger partial charge < -0.3 is 10.0 Å². The van der Waals surface area contributed by atoms with Crippen LogP contribution in [-0.4, -0.2) is 64.0 Å². The molecule has 33 heavy (non-hydrogen) atoms. The van der Waals surface area contributed by atoms with Crippen LogP contribution in [0.15, 0.2) is 48.5 Å². The molecule has 170 valence electrons. The number of para-hydroxylation sites is 1. The Morgan fingerprint density at radius 1 is 1.00 bits per heavy atom. The summed E-state index contributed by atoms with van der Waals surface area (Å²) >= 11 is 0. The zero-order valence-electron chi connectivity index (χ0n) is 18.2. The van der Waals surface area contributed by atoms with E-state index in [4.69, 9.17) is 0 Å². The molecule has 0 saturated carbocycles. The van der Waals surface area contributed by atoms with Gasteiger partial charge in [-0.25, -0.2) is 4.79 Å². The Kier molecular flexibility index (Phi) is 5.13. The third-order valence-electron chi connectivity index (χ3n) is 6.59. The summed E-state index contributed by atoms with van der Waals surface area (Å²) in [6, 6.07) is 13.8. The summed E-state index contributed by atoms with van der Waals surface area (Å²) in [5.74, 6) is -1.28. The van der Waals surface area contributed by atoms with Crippen LogP contribution in [0.5, 0.6) is 0 Å². The SMILES string of the molecule is C[C@@H]1CN(c2ccc3c(c2)CN(C2CCC(=O)N(CO)C2=O)C3=O)C(=O)N1c1ccccc1. The Morgan fingerprint density at radius 2 is 1.76 bits per heavy atom. The molecule has 1 N–H and O–H groups in total. The summed E-state index contributed by atoms with van der Waals surface area (Å²) in [4.78, 5) is 56.5. The Labute approximate surface area is 190 Å². The number of benzene rings is 2. The summed E-state index contributed by atoms with van der Waals surface area (Å²) < 4.78 is 0. The number of fused-ring (bicyclic) bond motifs is 1. The minimum absolute atomic E-state index is 0.0202. The van der Waals surface area contributed by atoms with Gasteiger partial charge in [-0.2, -0.15) is 0 Å². The zero-order chi connectivity index (χ0) is 23.3. The average Bonchev–Trinajstić information content (AvgIpc) is 3.30. The van der Waals surface area contributed by atoms with Gasteiger partial charge in [-0.1, -0.05) is 18.2 Å². The lowest BCUT2D eigenvalue weighted by atomic mass is 10.0. The number of imide groups is 1. The van der Waals surface area contributed by atoms with E-state index in [1.165, 1.54) is 4.90 Å². The third-order valence-corrected chi connectivity index (χ3v) is 6.59. The summed E-state index contributed by atoms with van der Waals surface area (Å²) in [5.41, 5.74) is 2.74. The van der Waals surface area contributed by atoms with Gasteiger partial charge in [0.25, 0.3) is 11.8 Å². The van der Waals surface area contributed by atoms with Crippen LogP contribution in [0.4, 0.5) is 16.2 Å². The Bertz CT molecular complexity index is 1150. The lowest BCUT2D eigenvalue weighted by Gasteiger charge is -2.34. The summed E-state index contributed by atoms with van der Waals surface area (Å²) in [6.07, 6.45) is 0.326. The van der Waals surface area contributed by atoms with Gasteiger partial charge in [0.2, 0.25) is 5.91 Å². The van der Waals surface area contributed by atoms with Gasteiger partial charge in [0.1, 0.15) is 12.8 Å². The summed E-state index contributed by atoms with van der Waals surface area (Å²) in [5, 5.41) is 9.38. The van der Waals surface area contributed by atoms with E-state index in [2.05, 4.69) is 0 Å². The third kappa shape index (κ3) is 3.36. The van der Waals surface area contributed by atoms with Crippen LogP contribution in [0.25, 0.3) is 0 Å². The summed E-state index contributed by atoms with van der Waals surface area (Å²) in [7, 11) is 0. The van der Waals surface area contributed by atoms with Crippen molar-refractivity contribution in [1.29, 1.82) is 0 Å². The minimum Gasteiger partial charge on any atom is -0.376 e. The second-order valence-electron chi connectivity index (χ2n) is 8.58. The van der Waals surface area contributed by atoms with E-state index < -0.39 is 24.6 Å². The number of aliphatic hydroxyl groups excluding tert-OH is 1. The molecular weight excluding hydrogens is 424 g/mol. The van der Waals surface area contributed by atoms with Crippen molar-refractivity contribution < 1.29 is 24.3 Å². The fourth-order valence-electron chi connectivity index (χ4n) is 4.92. The molecule has 5 amide bonds. The van der Waals surface area contributed by atoms with Gasteiger partial charge in [0.05, 0.1) is 6.04 Å². The summed E-state index contributed by atoms with van der Waals surface area (Å²) in [6.45, 7) is 2.03. The predicted molar refractivity (Wildman–Crippen MR) is 119 cm³/mol. The van der Waals surface area contributed by atoms with Crippen molar-refractivity contribution in [3.63, 3.8) is 0 Å². The Balaban J connectivity index is 1.38. The second kappa shape index (κ2) is 8.00. The van der Waals surface area contributed by atoms with E-state index >= 15 is 0 Å². The van der Waals surface area contributed by atoms with Crippen molar-refractivity contribution >= 4 is 35.1 Å². The molecule has 0 bridgehead atoms. The maximum Gasteiger partial charge on any atom is 0.329 e. The quantitative estimate of drug-likeness (QED) is 0.721. The molecule has 3 aliphatic heterocycles. The van der Waals surface area contributed by atoms with Gasteiger partial charge in [-0.05, 0) is 49.2 Å². The number of amides is 5. The number of aliphatic hydroxyl groups is 1. The van der Waals surface area contributed by atoms with Crippen molar-refractivity contribution in [2.45, 2.75) is 38.4 Å². The highest BCUT2D eigenvalue weighted by atomic mass is 16.3. The number of urea groups is 1. The van der Waals surface area contributed by atoms with Crippen molar-refractivity contribution in [2.75, 3.05) is 23.1 Å². The molecule has 1 unspecified atom stereocenters. The molecule has 2 fully saturated rings. The molecule has 2 aromatic carbocycles. The Hall–Kier alpha value is -3.72. The first-order valence-electron chi connectivity index (χ1n) is 11.0. The molecule has 9 nitrogen and oxygen atoms in total. The van der Waals surface area contributed by atoms with Crippen molar-refractivity contribution in [3.8, 4) is 0 Å². The molecule has 5 rings (SSSR count). The fourth-order valence-corrected chi connectivity index (χ4v) is 4.92. The molecule has 3 heterocycles. The number of likely N-dealkylation sites (tertiary alicyclic amines) is 1. The van der Waals surface area contributed by atoms with E-state index in [9.17, 15) is 24.3 Å². The number of nitrogens with zero attached hydrogens (tertiary/aromatic N) is 4. The highest BCUT2D eigenvalue weighted by molar-refractivity contribution is 6.08. The van der Waals surface area contributed by atoms with Gasteiger partial charge in [-0.15, -0.1) is 0 Å². The molecule has 3 aliphatic rings. The van der Waals surface area contributed by atoms with Crippen LogP contribution >= 0.6 is 0 Å². The zero-order valence-corrected chi connectivity index (χ0v) is 18.2. The van der Waals surface area contributed by atoms with Gasteiger partial charge in [0, 0.05) is 36.4 Å². The molecular formula is C24H24N4O5. The van der Waals surface area contributed by atoms with Crippen LogP contribution in [0.1, 0.15) is 35.7 Å². The maximum atomic E-state index is 13.2. The van der Waals surface area contributed by atoms with Crippen LogP contribution in [0.2, 0.25) is 0 Å². The molecule has 0 spiro atoms. The predicted octanol–water partition coefficient (Wildman–Crippen LogP) is 1.94. The number of carbonyl (C=O) groups is 4. The van der Waals surface area contributed by atoms with E-state index in [-0.39, 0.29) is 37.4 Å². The number of anilines is 2. The molecule has 2 aromatic rings. The van der Waals surface area contributed by atoms with Crippen LogP contribution < -0.4 is 9.80 Å². The monoisotopic (exact) mass is 448 g/mol. The molecule has 0 aliphatic carbocycles. The van der Waals surface area contributed by atoms with Crippen LogP contribution in [0, 0.1) is 0 Å². The van der Waals surface area contributed by atoms with E-state index in [1.54, 1.807) is 21.9 Å². The average molecular weight is 448 g/mol. The first-order chi connectivity index (χ1) is 15.9. The van der Waals surface area contributed by atoms with Crippen molar-refractivity contribution in [1.82, 2.24) is 9.80 Å². The minimum atomic E-state index is -0.791. The van der Waals surface area contributed by atoms with Gasteiger partial charge >= 0.3 is 6.03 Å². The van der Waals surface area contributed by atoms with Gasteiger partial charge in [-0.3, -0.25) is 29.1 Å². The molecule has 2 saturated heterocycles. The van der Waals surface area contributed by atoms with E-state index in [1.807, 2.05) is 43.3 Å². The largest absolute Gasteiger partial charge is 0.376 e. The highest BCUT2D eigenvalue weighted by Gasteiger charge is 2.43. The first-order valence-corrected chi connectivity index (χ1v) is 11.0. The number of carbonyl (C=O) groups excluding carboxylic acids is 4. The lowest BCUT2D eigenvalue weighted by Crippen LogP contribution is -2.54.